The minimum absolute atomic E-state index is 0.110. The van der Waals surface area contributed by atoms with Gasteiger partial charge in [0.25, 0.3) is 0 Å². The molecule has 2 aromatic carbocycles. The molecule has 1 aliphatic rings. The van der Waals surface area contributed by atoms with Gasteiger partial charge >= 0.3 is 30.6 Å². The molecule has 1 heterocycles. The number of ether oxygens (including phenoxy) is 1. The Morgan fingerprint density at radius 2 is 1.33 bits per heavy atom. The number of hydrogen-bond donors (Lipinski definition) is 5. The Kier molecular flexibility index (Phi) is 14.6. The van der Waals surface area contributed by atoms with Crippen LogP contribution in [0.5, 0.6) is 0 Å². The van der Waals surface area contributed by atoms with E-state index in [1.54, 1.807) is 20.8 Å². The molecule has 0 saturated heterocycles. The summed E-state index contributed by atoms with van der Waals surface area (Å²) in [6, 6.07) is 7.74. The average molecular weight is 819 g/mol. The first-order chi connectivity index (χ1) is 25.2. The van der Waals surface area contributed by atoms with Gasteiger partial charge in [-0.3, -0.25) is 0 Å². The number of anilines is 2. The number of alkyl carbamates (subject to hydrolysis) is 1. The number of rotatable bonds is 11. The van der Waals surface area contributed by atoms with Gasteiger partial charge in [-0.2, -0.15) is 44.5 Å². The molecule has 0 spiro atoms. The molecule has 4 rings (SSSR count). The van der Waals surface area contributed by atoms with Gasteiger partial charge in [0.05, 0.1) is 21.5 Å². The number of carbonyl (C=O) groups excluding carboxylic acids is 1. The summed E-state index contributed by atoms with van der Waals surface area (Å²) in [6.07, 6.45) is -13.3. The molecule has 0 radical (unpaired) electrons. The smallest absolute Gasteiger partial charge is 0.475 e. The van der Waals surface area contributed by atoms with E-state index in [1.165, 1.54) is 0 Å². The lowest BCUT2D eigenvalue weighted by Crippen LogP contribution is -2.35. The second-order valence-electron chi connectivity index (χ2n) is 13.4. The van der Waals surface area contributed by atoms with Gasteiger partial charge in [0.15, 0.2) is 0 Å². The van der Waals surface area contributed by atoms with Crippen molar-refractivity contribution in [2.45, 2.75) is 75.5 Å². The third kappa shape index (κ3) is 14.5. The van der Waals surface area contributed by atoms with E-state index >= 15 is 0 Å². The molecule has 1 aromatic heterocycles. The van der Waals surface area contributed by atoms with Gasteiger partial charge in [-0.05, 0) is 88.6 Å². The summed E-state index contributed by atoms with van der Waals surface area (Å²) in [5, 5.41) is 17.1. The number of carbonyl (C=O) groups is 2. The van der Waals surface area contributed by atoms with Crippen molar-refractivity contribution in [3.63, 3.8) is 0 Å². The Morgan fingerprint density at radius 1 is 0.800 bits per heavy atom. The van der Waals surface area contributed by atoms with Crippen LogP contribution in [-0.4, -0.2) is 73.5 Å². The second kappa shape index (κ2) is 17.9. The van der Waals surface area contributed by atoms with Crippen LogP contribution in [0.2, 0.25) is 0 Å². The SMILES string of the molecule is CC(C)(C)OC(=O)NCCNc1nc(NCC2CCC(CNS(=O)(=O)c3cc(C(F)(F)F)cc(C(F)(F)F)c3)CC2)nc2ccccc12.O=C(O)C(F)(F)F. The van der Waals surface area contributed by atoms with E-state index in [1.807, 2.05) is 24.3 Å². The number of sulfonamides is 1. The quantitative estimate of drug-likeness (QED) is 0.0968. The molecule has 1 aliphatic carbocycles. The third-order valence-electron chi connectivity index (χ3n) is 7.88. The van der Waals surface area contributed by atoms with Crippen LogP contribution in [-0.2, 0) is 31.9 Å². The fraction of sp³-hybridized carbons (Fsp3) is 0.515. The Hall–Kier alpha value is -4.60. The number of carboxylic acid groups (broad SMARTS) is 1. The van der Waals surface area contributed by atoms with Gasteiger partial charge in [0.2, 0.25) is 16.0 Å². The Balaban J connectivity index is 0.00000106. The Bertz CT molecular complexity index is 1860. The van der Waals surface area contributed by atoms with Crippen molar-refractivity contribution in [2.24, 2.45) is 11.8 Å². The normalized spacial score (nSPS) is 16.8. The van der Waals surface area contributed by atoms with Crippen molar-refractivity contribution < 1.29 is 67.4 Å². The number of hydrogen-bond acceptors (Lipinski definition) is 9. The van der Waals surface area contributed by atoms with E-state index in [0.717, 1.165) is 5.39 Å². The van der Waals surface area contributed by atoms with Crippen LogP contribution in [0.1, 0.15) is 57.6 Å². The zero-order valence-electron chi connectivity index (χ0n) is 29.5. The topological polar surface area (TPSA) is 172 Å². The van der Waals surface area contributed by atoms with E-state index in [0.29, 0.717) is 62.6 Å². The summed E-state index contributed by atoms with van der Waals surface area (Å²) in [6.45, 7) is 6.41. The highest BCUT2D eigenvalue weighted by Crippen LogP contribution is 2.37. The minimum Gasteiger partial charge on any atom is -0.475 e. The van der Waals surface area contributed by atoms with Crippen molar-refractivity contribution in [1.29, 1.82) is 0 Å². The third-order valence-corrected chi connectivity index (χ3v) is 9.28. The highest BCUT2D eigenvalue weighted by molar-refractivity contribution is 7.89. The van der Waals surface area contributed by atoms with E-state index in [-0.39, 0.29) is 36.6 Å². The van der Waals surface area contributed by atoms with Crippen LogP contribution >= 0.6 is 0 Å². The van der Waals surface area contributed by atoms with Gasteiger partial charge in [-0.1, -0.05) is 12.1 Å². The van der Waals surface area contributed by atoms with E-state index in [9.17, 15) is 52.7 Å². The maximum atomic E-state index is 13.2. The van der Waals surface area contributed by atoms with Gasteiger partial charge in [-0.25, -0.2) is 27.7 Å². The number of benzene rings is 2. The number of amides is 1. The Morgan fingerprint density at radius 3 is 1.84 bits per heavy atom. The number of fused-ring (bicyclic) bond motifs is 1. The van der Waals surface area contributed by atoms with Gasteiger partial charge in [0.1, 0.15) is 11.4 Å². The lowest BCUT2D eigenvalue weighted by molar-refractivity contribution is -0.192. The van der Waals surface area contributed by atoms with Crippen molar-refractivity contribution in [3.05, 3.63) is 53.6 Å². The molecule has 0 aliphatic heterocycles. The first-order valence-corrected chi connectivity index (χ1v) is 18.0. The second-order valence-corrected chi connectivity index (χ2v) is 15.2. The zero-order chi connectivity index (χ0) is 41.4. The zero-order valence-corrected chi connectivity index (χ0v) is 30.4. The summed E-state index contributed by atoms with van der Waals surface area (Å²) in [7, 11) is -4.64. The molecule has 0 unspecified atom stereocenters. The molecular formula is C33H39F9N6O6S. The lowest BCUT2D eigenvalue weighted by Gasteiger charge is -2.28. The first kappa shape index (κ1) is 44.8. The lowest BCUT2D eigenvalue weighted by atomic mass is 9.82. The summed E-state index contributed by atoms with van der Waals surface area (Å²) < 4.78 is 144. The van der Waals surface area contributed by atoms with Gasteiger partial charge < -0.3 is 25.8 Å². The Labute approximate surface area is 309 Å². The van der Waals surface area contributed by atoms with Crippen LogP contribution in [0.3, 0.4) is 0 Å². The summed E-state index contributed by atoms with van der Waals surface area (Å²) in [4.78, 5) is 28.9. The maximum Gasteiger partial charge on any atom is 0.490 e. The van der Waals surface area contributed by atoms with Gasteiger partial charge in [-0.15, -0.1) is 0 Å². The first-order valence-electron chi connectivity index (χ1n) is 16.6. The number of alkyl halides is 9. The van der Waals surface area contributed by atoms with Crippen LogP contribution in [0.25, 0.3) is 10.9 Å². The molecule has 12 nitrogen and oxygen atoms in total. The van der Waals surface area contributed by atoms with E-state index in [2.05, 4.69) is 30.6 Å². The van der Waals surface area contributed by atoms with Crippen molar-refractivity contribution in [1.82, 2.24) is 20.0 Å². The highest BCUT2D eigenvalue weighted by atomic mass is 32.2. The number of aromatic nitrogens is 2. The predicted molar refractivity (Wildman–Crippen MR) is 182 cm³/mol. The van der Waals surface area contributed by atoms with Crippen LogP contribution in [0, 0.1) is 11.8 Å². The summed E-state index contributed by atoms with van der Waals surface area (Å²) in [5.41, 5.74) is -3.30. The molecule has 306 valence electrons. The number of para-hydroxylation sites is 1. The van der Waals surface area contributed by atoms with Crippen molar-refractivity contribution in [2.75, 3.05) is 36.8 Å². The average Bonchev–Trinajstić information content (AvgIpc) is 3.07. The molecule has 0 bridgehead atoms. The predicted octanol–water partition coefficient (Wildman–Crippen LogP) is 7.43. The molecule has 3 aromatic rings. The minimum atomic E-state index is -5.16. The molecular weight excluding hydrogens is 779 g/mol. The van der Waals surface area contributed by atoms with E-state index < -0.39 is 62.2 Å². The van der Waals surface area contributed by atoms with Crippen LogP contribution in [0.15, 0.2) is 47.4 Å². The standard InChI is InChI=1S/C31H38F6N6O4S.C2HF3O2/c1-29(2,3)47-28(44)39-13-12-38-26-24-6-4-5-7-25(24)42-27(43-26)40-17-19-8-10-20(11-9-19)18-41-48(45,46)23-15-21(30(32,33)34)14-22(16-23)31(35,36)37;3-2(4,5)1(6)7/h4-7,14-16,19-20,41H,8-13,17-18H2,1-3H3,(H,39,44)(H2,38,40,42,43);(H,6,7). The molecule has 0 atom stereocenters. The monoisotopic (exact) mass is 818 g/mol. The fourth-order valence-corrected chi connectivity index (χ4v) is 6.40. The molecule has 55 heavy (non-hydrogen) atoms. The van der Waals surface area contributed by atoms with Crippen molar-refractivity contribution in [3.8, 4) is 0 Å². The molecule has 5 N–H and O–H groups in total. The number of halogens is 9. The number of nitrogens with one attached hydrogen (secondary N) is 4. The largest absolute Gasteiger partial charge is 0.490 e. The maximum absolute atomic E-state index is 13.2. The van der Waals surface area contributed by atoms with Crippen LogP contribution in [0.4, 0.5) is 56.1 Å². The molecule has 1 saturated carbocycles. The summed E-state index contributed by atoms with van der Waals surface area (Å²) in [5.74, 6) is -1.74. The molecule has 1 fully saturated rings. The number of carboxylic acids is 1. The summed E-state index contributed by atoms with van der Waals surface area (Å²) >= 11 is 0. The number of nitrogens with zero attached hydrogens (tertiary/aromatic N) is 2. The number of aliphatic carboxylic acids is 1. The van der Waals surface area contributed by atoms with Crippen LogP contribution < -0.4 is 20.7 Å². The van der Waals surface area contributed by atoms with Crippen molar-refractivity contribution >= 4 is 44.8 Å². The molecule has 1 amide bonds. The van der Waals surface area contributed by atoms with Gasteiger partial charge in [0, 0.05) is 31.6 Å². The fourth-order valence-electron chi connectivity index (χ4n) is 5.22. The van der Waals surface area contributed by atoms with E-state index in [4.69, 9.17) is 14.6 Å². The highest BCUT2D eigenvalue weighted by Gasteiger charge is 2.39. The molecule has 22 heteroatoms.